The summed E-state index contributed by atoms with van der Waals surface area (Å²) < 4.78 is 0. The molecule has 0 aliphatic carbocycles. The average Bonchev–Trinajstić information content (AvgIpc) is 3.06. The molecule has 1 N–H and O–H groups in total. The summed E-state index contributed by atoms with van der Waals surface area (Å²) in [7, 11) is 0. The summed E-state index contributed by atoms with van der Waals surface area (Å²) in [5.74, 6) is 0.0642. The van der Waals surface area contributed by atoms with Gasteiger partial charge in [0.15, 0.2) is 5.16 Å². The van der Waals surface area contributed by atoms with Crippen LogP contribution in [0.4, 0.5) is 5.69 Å². The van der Waals surface area contributed by atoms with Gasteiger partial charge in [0.1, 0.15) is 0 Å². The third kappa shape index (κ3) is 3.61. The molecule has 1 aliphatic rings. The standard InChI is InChI=1S/C22H26N4OS/c1-22(2,3)16-6-4-5-7-19(16)25-10-12-26(13-11-25)20(27)15-8-9-17-18(14-15)24-21(28)23-17/h4-9,14H,10-13H2,1-3H3,(H2,23,24,28). The number of rotatable bonds is 2. The van der Waals surface area contributed by atoms with Gasteiger partial charge in [0.25, 0.3) is 5.91 Å². The number of amides is 1. The fraction of sp³-hybridized carbons (Fsp3) is 0.364. The number of carbonyl (C=O) groups is 1. The van der Waals surface area contributed by atoms with Gasteiger partial charge in [-0.15, -0.1) is 12.6 Å². The van der Waals surface area contributed by atoms with Crippen LogP contribution in [-0.4, -0.2) is 47.0 Å². The largest absolute Gasteiger partial charge is 0.368 e. The number of anilines is 1. The molecule has 0 bridgehead atoms. The molecule has 2 aromatic carbocycles. The van der Waals surface area contributed by atoms with Gasteiger partial charge < -0.3 is 14.8 Å². The van der Waals surface area contributed by atoms with Crippen LogP contribution >= 0.6 is 12.6 Å². The fourth-order valence-electron chi connectivity index (χ4n) is 3.84. The minimum Gasteiger partial charge on any atom is -0.368 e. The molecule has 0 unspecified atom stereocenters. The Morgan fingerprint density at radius 1 is 1.07 bits per heavy atom. The Balaban J connectivity index is 1.49. The van der Waals surface area contributed by atoms with Crippen molar-refractivity contribution in [2.24, 2.45) is 0 Å². The van der Waals surface area contributed by atoms with Crippen LogP contribution in [0, 0.1) is 0 Å². The van der Waals surface area contributed by atoms with E-state index in [4.69, 9.17) is 0 Å². The summed E-state index contributed by atoms with van der Waals surface area (Å²) >= 11 is 4.24. The van der Waals surface area contributed by atoms with E-state index in [1.165, 1.54) is 11.3 Å². The van der Waals surface area contributed by atoms with Crippen LogP contribution in [0.25, 0.3) is 11.0 Å². The molecule has 4 rings (SSSR count). The Bertz CT molecular complexity index is 1010. The topological polar surface area (TPSA) is 52.2 Å². The molecule has 1 saturated heterocycles. The minimum atomic E-state index is 0.0642. The smallest absolute Gasteiger partial charge is 0.254 e. The average molecular weight is 395 g/mol. The van der Waals surface area contributed by atoms with Gasteiger partial charge in [0.2, 0.25) is 0 Å². The van der Waals surface area contributed by atoms with Gasteiger partial charge in [-0.25, -0.2) is 4.98 Å². The molecule has 0 radical (unpaired) electrons. The van der Waals surface area contributed by atoms with E-state index in [1.807, 2.05) is 23.1 Å². The number of aromatic nitrogens is 2. The van der Waals surface area contributed by atoms with Gasteiger partial charge in [-0.05, 0) is 35.2 Å². The lowest BCUT2D eigenvalue weighted by Gasteiger charge is -2.38. The fourth-order valence-corrected chi connectivity index (χ4v) is 4.07. The molecular weight excluding hydrogens is 368 g/mol. The second-order valence-electron chi connectivity index (χ2n) is 8.34. The van der Waals surface area contributed by atoms with Gasteiger partial charge in [-0.3, -0.25) is 4.79 Å². The van der Waals surface area contributed by atoms with E-state index in [1.54, 1.807) is 0 Å². The maximum atomic E-state index is 13.0. The lowest BCUT2D eigenvalue weighted by atomic mass is 9.85. The van der Waals surface area contributed by atoms with E-state index in [9.17, 15) is 4.79 Å². The van der Waals surface area contributed by atoms with E-state index < -0.39 is 0 Å². The Hall–Kier alpha value is -2.47. The van der Waals surface area contributed by atoms with Crippen LogP contribution in [0.5, 0.6) is 0 Å². The predicted molar refractivity (Wildman–Crippen MR) is 117 cm³/mol. The number of aromatic amines is 1. The zero-order valence-corrected chi connectivity index (χ0v) is 17.5. The van der Waals surface area contributed by atoms with Crippen molar-refractivity contribution in [1.29, 1.82) is 0 Å². The number of piperazine rings is 1. The van der Waals surface area contributed by atoms with Crippen molar-refractivity contribution in [2.75, 3.05) is 31.1 Å². The minimum absolute atomic E-state index is 0.0642. The van der Waals surface area contributed by atoms with E-state index in [0.717, 1.165) is 24.1 Å². The molecule has 1 aromatic heterocycles. The number of H-pyrrole nitrogens is 1. The number of nitrogens with one attached hydrogen (secondary N) is 1. The molecule has 3 aromatic rings. The number of fused-ring (bicyclic) bond motifs is 1. The van der Waals surface area contributed by atoms with E-state index in [-0.39, 0.29) is 11.3 Å². The first-order valence-corrected chi connectivity index (χ1v) is 10.1. The third-order valence-electron chi connectivity index (χ3n) is 5.34. The first-order chi connectivity index (χ1) is 13.3. The molecule has 1 fully saturated rings. The van der Waals surface area contributed by atoms with E-state index >= 15 is 0 Å². The molecule has 1 aliphatic heterocycles. The van der Waals surface area contributed by atoms with Gasteiger partial charge in [0, 0.05) is 37.4 Å². The highest BCUT2D eigenvalue weighted by Gasteiger charge is 2.26. The summed E-state index contributed by atoms with van der Waals surface area (Å²) in [5.41, 5.74) is 5.06. The third-order valence-corrected chi connectivity index (χ3v) is 5.55. The van der Waals surface area contributed by atoms with Crippen molar-refractivity contribution >= 4 is 35.3 Å². The molecule has 28 heavy (non-hydrogen) atoms. The molecule has 146 valence electrons. The Morgan fingerprint density at radius 2 is 1.79 bits per heavy atom. The van der Waals surface area contributed by atoms with Crippen LogP contribution in [-0.2, 0) is 5.41 Å². The number of hydrogen-bond donors (Lipinski definition) is 2. The molecule has 1 amide bonds. The van der Waals surface area contributed by atoms with Crippen molar-refractivity contribution in [1.82, 2.24) is 14.9 Å². The van der Waals surface area contributed by atoms with Crippen molar-refractivity contribution in [3.8, 4) is 0 Å². The molecule has 5 nitrogen and oxygen atoms in total. The molecule has 6 heteroatoms. The van der Waals surface area contributed by atoms with Crippen LogP contribution < -0.4 is 4.90 Å². The number of carbonyl (C=O) groups excluding carboxylic acids is 1. The quantitative estimate of drug-likeness (QED) is 0.643. The van der Waals surface area contributed by atoms with Gasteiger partial charge in [-0.1, -0.05) is 39.0 Å². The monoisotopic (exact) mass is 394 g/mol. The second kappa shape index (κ2) is 7.17. The first-order valence-electron chi connectivity index (χ1n) is 9.65. The van der Waals surface area contributed by atoms with Crippen molar-refractivity contribution in [3.05, 3.63) is 53.6 Å². The number of para-hydroxylation sites is 1. The summed E-state index contributed by atoms with van der Waals surface area (Å²) in [4.78, 5) is 24.7. The first kappa shape index (κ1) is 18.9. The predicted octanol–water partition coefficient (Wildman–Crippen LogP) is 4.11. The number of nitrogens with zero attached hydrogens (tertiary/aromatic N) is 3. The van der Waals surface area contributed by atoms with Crippen molar-refractivity contribution in [2.45, 2.75) is 31.3 Å². The highest BCUT2D eigenvalue weighted by molar-refractivity contribution is 7.80. The number of hydrogen-bond acceptors (Lipinski definition) is 4. The summed E-state index contributed by atoms with van der Waals surface area (Å²) in [6.45, 7) is 9.84. The summed E-state index contributed by atoms with van der Waals surface area (Å²) in [6, 6.07) is 14.2. The molecule has 0 atom stereocenters. The highest BCUT2D eigenvalue weighted by atomic mass is 32.1. The van der Waals surface area contributed by atoms with Gasteiger partial charge in [0.05, 0.1) is 11.0 Å². The number of thiol groups is 1. The highest BCUT2D eigenvalue weighted by Crippen LogP contribution is 2.32. The van der Waals surface area contributed by atoms with Gasteiger partial charge in [-0.2, -0.15) is 0 Å². The Kier molecular flexibility index (Phi) is 4.83. The number of imidazole rings is 1. The Morgan fingerprint density at radius 3 is 2.50 bits per heavy atom. The molecule has 0 spiro atoms. The molecular formula is C22H26N4OS. The van der Waals surface area contributed by atoms with Crippen molar-refractivity contribution in [3.63, 3.8) is 0 Å². The molecule has 2 heterocycles. The maximum absolute atomic E-state index is 13.0. The lowest BCUT2D eigenvalue weighted by Crippen LogP contribution is -2.49. The van der Waals surface area contributed by atoms with E-state index in [0.29, 0.717) is 23.8 Å². The van der Waals surface area contributed by atoms with E-state index in [2.05, 4.69) is 72.5 Å². The molecule has 0 saturated carbocycles. The van der Waals surface area contributed by atoms with Crippen LogP contribution in [0.3, 0.4) is 0 Å². The zero-order chi connectivity index (χ0) is 19.9. The van der Waals surface area contributed by atoms with Crippen LogP contribution in [0.2, 0.25) is 0 Å². The van der Waals surface area contributed by atoms with Crippen LogP contribution in [0.15, 0.2) is 47.6 Å². The Labute approximate surface area is 171 Å². The summed E-state index contributed by atoms with van der Waals surface area (Å²) in [6.07, 6.45) is 0. The maximum Gasteiger partial charge on any atom is 0.254 e. The zero-order valence-electron chi connectivity index (χ0n) is 16.6. The van der Waals surface area contributed by atoms with Crippen molar-refractivity contribution < 1.29 is 4.79 Å². The lowest BCUT2D eigenvalue weighted by molar-refractivity contribution is 0.0747. The number of benzene rings is 2. The SMILES string of the molecule is CC(C)(C)c1ccccc1N1CCN(C(=O)c2ccc3[nH]c(S)nc3c2)CC1. The van der Waals surface area contributed by atoms with Gasteiger partial charge >= 0.3 is 0 Å². The summed E-state index contributed by atoms with van der Waals surface area (Å²) in [5, 5.41) is 0.561. The van der Waals surface area contributed by atoms with Crippen LogP contribution in [0.1, 0.15) is 36.7 Å². The second-order valence-corrected chi connectivity index (χ2v) is 8.76. The normalized spacial score (nSPS) is 15.3.